The lowest BCUT2D eigenvalue weighted by Gasteiger charge is -2.04. The van der Waals surface area contributed by atoms with Crippen molar-refractivity contribution < 1.29 is 4.42 Å². The van der Waals surface area contributed by atoms with Crippen LogP contribution in [0.25, 0.3) is 33.1 Å². The van der Waals surface area contributed by atoms with E-state index in [4.69, 9.17) is 4.42 Å². The van der Waals surface area contributed by atoms with Crippen molar-refractivity contribution in [2.75, 3.05) is 0 Å². The molecule has 100 valence electrons. The van der Waals surface area contributed by atoms with E-state index in [0.29, 0.717) is 11.3 Å². The molecule has 0 bridgehead atoms. The van der Waals surface area contributed by atoms with Crippen LogP contribution in [0, 0.1) is 4.91 Å². The van der Waals surface area contributed by atoms with Crippen LogP contribution in [0.15, 0.2) is 76.3 Å². The Kier molecular flexibility index (Phi) is 2.57. The number of para-hydroxylation sites is 1. The molecule has 0 unspecified atom stereocenters. The maximum Gasteiger partial charge on any atom is 0.137 e. The number of furan rings is 1. The fraction of sp³-hybridized carbons (Fsp3) is 0. The molecule has 21 heavy (non-hydrogen) atoms. The first-order chi connectivity index (χ1) is 10.4. The zero-order valence-corrected chi connectivity index (χ0v) is 11.1. The van der Waals surface area contributed by atoms with E-state index in [9.17, 15) is 4.91 Å². The summed E-state index contributed by atoms with van der Waals surface area (Å²) < 4.78 is 5.79. The van der Waals surface area contributed by atoms with Gasteiger partial charge < -0.3 is 4.42 Å². The molecule has 0 aliphatic heterocycles. The van der Waals surface area contributed by atoms with Gasteiger partial charge in [-0.1, -0.05) is 48.5 Å². The first kappa shape index (κ1) is 11.9. The minimum atomic E-state index is 0.396. The summed E-state index contributed by atoms with van der Waals surface area (Å²) in [4.78, 5) is 11.2. The molecule has 1 aromatic heterocycles. The van der Waals surface area contributed by atoms with Gasteiger partial charge in [-0.15, -0.1) is 4.91 Å². The number of hydrogen-bond donors (Lipinski definition) is 0. The van der Waals surface area contributed by atoms with Crippen LogP contribution < -0.4 is 0 Å². The molecule has 3 aromatic carbocycles. The minimum Gasteiger partial charge on any atom is -0.456 e. The molecule has 0 saturated carbocycles. The Balaban J connectivity index is 2.10. The van der Waals surface area contributed by atoms with Crippen LogP contribution in [0.5, 0.6) is 0 Å². The topological polar surface area (TPSA) is 42.6 Å². The number of fused-ring (bicyclic) bond motifs is 3. The van der Waals surface area contributed by atoms with Gasteiger partial charge in [0.25, 0.3) is 0 Å². The summed E-state index contributed by atoms with van der Waals surface area (Å²) in [6.07, 6.45) is 0. The van der Waals surface area contributed by atoms with E-state index in [-0.39, 0.29) is 0 Å². The molecule has 0 spiro atoms. The van der Waals surface area contributed by atoms with E-state index in [1.54, 1.807) is 6.07 Å². The summed E-state index contributed by atoms with van der Waals surface area (Å²) in [7, 11) is 0. The van der Waals surface area contributed by atoms with Gasteiger partial charge in [-0.2, -0.15) is 0 Å². The molecule has 1 heterocycles. The molecule has 0 saturated heterocycles. The minimum absolute atomic E-state index is 0.396. The Morgan fingerprint density at radius 1 is 0.762 bits per heavy atom. The molecular formula is C18H11NO2. The molecule has 0 amide bonds. The molecule has 0 aliphatic rings. The van der Waals surface area contributed by atoms with Crippen molar-refractivity contribution in [2.45, 2.75) is 0 Å². The lowest BCUT2D eigenvalue weighted by molar-refractivity contribution is 0.669. The predicted octanol–water partition coefficient (Wildman–Crippen LogP) is 5.65. The van der Waals surface area contributed by atoms with Gasteiger partial charge in [0.1, 0.15) is 16.9 Å². The van der Waals surface area contributed by atoms with Crippen molar-refractivity contribution in [1.29, 1.82) is 0 Å². The first-order valence-corrected chi connectivity index (χ1v) is 6.71. The zero-order valence-electron chi connectivity index (χ0n) is 11.1. The molecule has 4 rings (SSSR count). The monoisotopic (exact) mass is 273 g/mol. The van der Waals surface area contributed by atoms with Crippen LogP contribution in [-0.2, 0) is 0 Å². The summed E-state index contributed by atoms with van der Waals surface area (Å²) >= 11 is 0. The van der Waals surface area contributed by atoms with Crippen LogP contribution in [-0.4, -0.2) is 0 Å². The molecule has 0 aliphatic carbocycles. The predicted molar refractivity (Wildman–Crippen MR) is 84.6 cm³/mol. The van der Waals surface area contributed by atoms with Gasteiger partial charge in [0.2, 0.25) is 0 Å². The number of hydrogen-bond acceptors (Lipinski definition) is 3. The molecule has 3 nitrogen and oxygen atoms in total. The molecule has 0 radical (unpaired) electrons. The molecule has 4 aromatic rings. The fourth-order valence-electron chi connectivity index (χ4n) is 2.69. The van der Waals surface area contributed by atoms with Gasteiger partial charge in [0, 0.05) is 22.4 Å². The smallest absolute Gasteiger partial charge is 0.137 e. The number of benzene rings is 3. The lowest BCUT2D eigenvalue weighted by Crippen LogP contribution is -1.79. The summed E-state index contributed by atoms with van der Waals surface area (Å²) in [5, 5.41) is 5.20. The maximum atomic E-state index is 11.2. The lowest BCUT2D eigenvalue weighted by atomic mass is 10.0. The van der Waals surface area contributed by atoms with E-state index in [0.717, 1.165) is 27.5 Å². The van der Waals surface area contributed by atoms with Crippen molar-refractivity contribution >= 4 is 27.6 Å². The van der Waals surface area contributed by atoms with E-state index < -0.39 is 0 Å². The van der Waals surface area contributed by atoms with Crippen LogP contribution in [0.4, 0.5) is 5.69 Å². The first-order valence-electron chi connectivity index (χ1n) is 6.71. The Labute approximate surface area is 120 Å². The SMILES string of the molecule is O=Nc1cc2oc3ccccc3c2cc1-c1ccccc1. The summed E-state index contributed by atoms with van der Waals surface area (Å²) in [6, 6.07) is 21.3. The molecule has 0 atom stereocenters. The highest BCUT2D eigenvalue weighted by Gasteiger charge is 2.13. The quantitative estimate of drug-likeness (QED) is 0.443. The highest BCUT2D eigenvalue weighted by Crippen LogP contribution is 2.38. The summed E-state index contributed by atoms with van der Waals surface area (Å²) in [6.45, 7) is 0. The second-order valence-electron chi connectivity index (χ2n) is 4.92. The standard InChI is InChI=1S/C18H11NO2/c20-19-16-11-18-15(13-8-4-5-9-17(13)21-18)10-14(16)12-6-2-1-3-7-12/h1-11H. The van der Waals surface area contributed by atoms with Crippen LogP contribution >= 0.6 is 0 Å². The fourth-order valence-corrected chi connectivity index (χ4v) is 2.69. The van der Waals surface area contributed by atoms with E-state index in [2.05, 4.69) is 5.18 Å². The average Bonchev–Trinajstić information content (AvgIpc) is 2.92. The highest BCUT2D eigenvalue weighted by molar-refractivity contribution is 6.08. The Morgan fingerprint density at radius 3 is 2.33 bits per heavy atom. The molecular weight excluding hydrogens is 262 g/mol. The van der Waals surface area contributed by atoms with Gasteiger partial charge >= 0.3 is 0 Å². The molecule has 0 N–H and O–H groups in total. The second kappa shape index (κ2) is 4.56. The van der Waals surface area contributed by atoms with Crippen LogP contribution in [0.3, 0.4) is 0 Å². The third-order valence-electron chi connectivity index (χ3n) is 3.68. The maximum absolute atomic E-state index is 11.2. The van der Waals surface area contributed by atoms with Crippen molar-refractivity contribution in [2.24, 2.45) is 5.18 Å². The van der Waals surface area contributed by atoms with Gasteiger partial charge in [0.05, 0.1) is 0 Å². The highest BCUT2D eigenvalue weighted by atomic mass is 16.3. The van der Waals surface area contributed by atoms with Gasteiger partial charge in [0.15, 0.2) is 0 Å². The van der Waals surface area contributed by atoms with E-state index in [1.807, 2.05) is 60.7 Å². The summed E-state index contributed by atoms with van der Waals surface area (Å²) in [5.74, 6) is 0. The van der Waals surface area contributed by atoms with Crippen LogP contribution in [0.1, 0.15) is 0 Å². The second-order valence-corrected chi connectivity index (χ2v) is 4.92. The van der Waals surface area contributed by atoms with Crippen LogP contribution in [0.2, 0.25) is 0 Å². The van der Waals surface area contributed by atoms with Crippen molar-refractivity contribution in [3.05, 3.63) is 71.6 Å². The van der Waals surface area contributed by atoms with E-state index >= 15 is 0 Å². The average molecular weight is 273 g/mol. The zero-order chi connectivity index (χ0) is 14.2. The third-order valence-corrected chi connectivity index (χ3v) is 3.68. The van der Waals surface area contributed by atoms with Crippen molar-refractivity contribution in [1.82, 2.24) is 0 Å². The summed E-state index contributed by atoms with van der Waals surface area (Å²) in [5.41, 5.74) is 3.69. The number of nitrogens with zero attached hydrogens (tertiary/aromatic N) is 1. The van der Waals surface area contributed by atoms with Gasteiger partial charge in [-0.3, -0.25) is 0 Å². The number of nitroso groups, excluding NO2 is 1. The molecule has 0 fully saturated rings. The largest absolute Gasteiger partial charge is 0.456 e. The van der Waals surface area contributed by atoms with E-state index in [1.165, 1.54) is 0 Å². The molecule has 3 heteroatoms. The van der Waals surface area contributed by atoms with Crippen molar-refractivity contribution in [3.63, 3.8) is 0 Å². The van der Waals surface area contributed by atoms with Gasteiger partial charge in [-0.25, -0.2) is 0 Å². The Bertz CT molecular complexity index is 955. The van der Waals surface area contributed by atoms with Gasteiger partial charge in [-0.05, 0) is 22.9 Å². The Hall–Kier alpha value is -2.94. The Morgan fingerprint density at radius 2 is 1.52 bits per heavy atom. The third kappa shape index (κ3) is 1.82. The van der Waals surface area contributed by atoms with Crippen molar-refractivity contribution in [3.8, 4) is 11.1 Å². The number of rotatable bonds is 2. The normalized spacial score (nSPS) is 11.0.